The highest BCUT2D eigenvalue weighted by atomic mass is 32.2. The van der Waals surface area contributed by atoms with Crippen LogP contribution in [0.5, 0.6) is 0 Å². The lowest BCUT2D eigenvalue weighted by molar-refractivity contribution is 1.27. The van der Waals surface area contributed by atoms with Crippen LogP contribution in [-0.4, -0.2) is 0 Å². The lowest BCUT2D eigenvalue weighted by Gasteiger charge is -2.12. The van der Waals surface area contributed by atoms with Gasteiger partial charge >= 0.3 is 0 Å². The molecule has 0 atom stereocenters. The van der Waals surface area contributed by atoms with Gasteiger partial charge in [0.25, 0.3) is 0 Å². The molecule has 1 fully saturated rings. The van der Waals surface area contributed by atoms with Gasteiger partial charge in [0, 0.05) is 76.8 Å². The quantitative estimate of drug-likeness (QED) is 0.147. The van der Waals surface area contributed by atoms with Crippen LogP contribution in [0.4, 0.5) is 0 Å². The van der Waals surface area contributed by atoms with E-state index in [2.05, 4.69) is 121 Å². The minimum Gasteiger partial charge on any atom is -0.0809 e. The number of benzene rings is 5. The zero-order chi connectivity index (χ0) is 32.8. The number of allylic oxidation sites excluding steroid dienone is 5. The fraction of sp³-hybridized carbons (Fsp3) is 0. The molecule has 1 aliphatic carbocycles. The summed E-state index contributed by atoms with van der Waals surface area (Å²) in [5.74, 6) is 0. The molecule has 0 aromatic heterocycles. The SMILES string of the molecule is c1ccc2c(c1)SC(=C1C(=C3Sc4ccccc4S3)C(=C3Sc4ccccc4S3)C(=C3Sc4ccccc4S3)C1=C1Sc3ccccc3S1)S2. The van der Waals surface area contributed by atoms with Gasteiger partial charge in [-0.05, 0) is 60.7 Å². The van der Waals surface area contributed by atoms with E-state index in [1.807, 2.05) is 118 Å². The molecule has 0 unspecified atom stereocenters. The molecule has 0 radical (unpaired) electrons. The van der Waals surface area contributed by atoms with E-state index < -0.39 is 0 Å². The zero-order valence-electron chi connectivity index (χ0n) is 25.6. The summed E-state index contributed by atoms with van der Waals surface area (Å²) >= 11 is 19.5. The molecule has 1 saturated carbocycles. The fourth-order valence-corrected chi connectivity index (χ4v) is 19.3. The molecule has 5 heterocycles. The van der Waals surface area contributed by atoms with E-state index in [1.54, 1.807) is 0 Å². The molecule has 0 spiro atoms. The highest BCUT2D eigenvalue weighted by Crippen LogP contribution is 2.70. The van der Waals surface area contributed by atoms with Gasteiger partial charge in [-0.25, -0.2) is 0 Å². The summed E-state index contributed by atoms with van der Waals surface area (Å²) in [6.45, 7) is 0. The summed E-state index contributed by atoms with van der Waals surface area (Å²) in [5.41, 5.74) is 7.02. The molecule has 0 amide bonds. The Morgan fingerprint density at radius 3 is 0.420 bits per heavy atom. The summed E-state index contributed by atoms with van der Waals surface area (Å²) in [4.78, 5) is 13.5. The van der Waals surface area contributed by atoms with Crippen molar-refractivity contribution in [3.8, 4) is 0 Å². The number of hydrogen-bond acceptors (Lipinski definition) is 10. The average molecular weight is 821 g/mol. The van der Waals surface area contributed by atoms with Crippen LogP contribution in [0.2, 0.25) is 0 Å². The minimum atomic E-state index is 1.35. The molecule has 10 heteroatoms. The Hall–Kier alpha value is -1.70. The minimum absolute atomic E-state index is 1.35. The maximum absolute atomic E-state index is 2.29. The zero-order valence-corrected chi connectivity index (χ0v) is 33.8. The molecule has 5 aromatic carbocycles. The molecule has 0 saturated heterocycles. The Morgan fingerprint density at radius 1 is 0.180 bits per heavy atom. The second-order valence-electron chi connectivity index (χ2n) is 11.6. The topological polar surface area (TPSA) is 0 Å². The van der Waals surface area contributed by atoms with Crippen molar-refractivity contribution < 1.29 is 0 Å². The van der Waals surface area contributed by atoms with Crippen molar-refractivity contribution in [1.82, 2.24) is 0 Å². The molecule has 5 aliphatic heterocycles. The highest BCUT2D eigenvalue weighted by Gasteiger charge is 2.45. The first-order chi connectivity index (χ1) is 24.7. The number of thioether (sulfide) groups is 10. The van der Waals surface area contributed by atoms with Gasteiger partial charge in [0.05, 0.1) is 21.2 Å². The summed E-state index contributed by atoms with van der Waals surface area (Å²) in [7, 11) is 0. The fourth-order valence-electron chi connectivity index (χ4n) is 6.35. The largest absolute Gasteiger partial charge is 0.0809 e. The molecule has 6 aliphatic rings. The van der Waals surface area contributed by atoms with Crippen LogP contribution in [0.15, 0.2) is 219 Å². The summed E-state index contributed by atoms with van der Waals surface area (Å²) in [6.07, 6.45) is 0. The van der Waals surface area contributed by atoms with E-state index in [9.17, 15) is 0 Å². The molecule has 11 rings (SSSR count). The van der Waals surface area contributed by atoms with Gasteiger partial charge in [0.2, 0.25) is 0 Å². The van der Waals surface area contributed by atoms with E-state index in [0.717, 1.165) is 0 Å². The lowest BCUT2D eigenvalue weighted by atomic mass is 10.1. The predicted octanol–water partition coefficient (Wildman–Crippen LogP) is 15.5. The van der Waals surface area contributed by atoms with E-state index >= 15 is 0 Å². The number of hydrogen-bond donors (Lipinski definition) is 0. The van der Waals surface area contributed by atoms with Crippen LogP contribution >= 0.6 is 118 Å². The Bertz CT molecular complexity index is 1940. The van der Waals surface area contributed by atoms with Crippen molar-refractivity contribution in [2.45, 2.75) is 49.0 Å². The third-order valence-corrected chi connectivity index (χ3v) is 21.3. The Labute approximate surface area is 333 Å². The lowest BCUT2D eigenvalue weighted by Crippen LogP contribution is -1.90. The van der Waals surface area contributed by atoms with E-state index in [1.165, 1.54) is 98.0 Å². The molecule has 240 valence electrons. The maximum atomic E-state index is 2.29. The van der Waals surface area contributed by atoms with Gasteiger partial charge < -0.3 is 0 Å². The van der Waals surface area contributed by atoms with Crippen LogP contribution < -0.4 is 0 Å². The van der Waals surface area contributed by atoms with Crippen LogP contribution in [0.3, 0.4) is 0 Å². The van der Waals surface area contributed by atoms with Gasteiger partial charge in [-0.15, -0.1) is 0 Å². The van der Waals surface area contributed by atoms with Crippen LogP contribution in [0.1, 0.15) is 0 Å². The maximum Gasteiger partial charge on any atom is 0.0585 e. The third kappa shape index (κ3) is 5.35. The van der Waals surface area contributed by atoms with Crippen molar-refractivity contribution in [2.75, 3.05) is 0 Å². The van der Waals surface area contributed by atoms with Crippen molar-refractivity contribution in [3.05, 3.63) is 170 Å². The predicted molar refractivity (Wildman–Crippen MR) is 226 cm³/mol. The Morgan fingerprint density at radius 2 is 0.300 bits per heavy atom. The standard InChI is InChI=1S/C40H20S10/c1-2-12-22-21(11-1)41-36(42-22)31-32(37-43-23-13-3-4-14-24(23)44-37)34(39-47-27-17-7-8-18-28(27)48-39)35(40-49-29-19-9-10-20-30(29)50-40)33(31)38-45-25-15-5-6-16-26(25)46-38/h1-20H. The smallest absolute Gasteiger partial charge is 0.0585 e. The molecule has 0 bridgehead atoms. The molecular formula is C40H20S10. The van der Waals surface area contributed by atoms with Crippen molar-refractivity contribution >= 4 is 118 Å². The number of fused-ring (bicyclic) bond motifs is 5. The van der Waals surface area contributed by atoms with E-state index in [4.69, 9.17) is 0 Å². The first kappa shape index (κ1) is 31.8. The van der Waals surface area contributed by atoms with Crippen LogP contribution in [-0.2, 0) is 0 Å². The molecule has 0 N–H and O–H groups in total. The summed E-state index contributed by atoms with van der Waals surface area (Å²) < 4.78 is 6.92. The summed E-state index contributed by atoms with van der Waals surface area (Å²) in [5, 5.41) is 0. The molecular weight excluding hydrogens is 801 g/mol. The van der Waals surface area contributed by atoms with Crippen molar-refractivity contribution in [3.63, 3.8) is 0 Å². The Kier molecular flexibility index (Phi) is 8.27. The van der Waals surface area contributed by atoms with Crippen molar-refractivity contribution in [2.24, 2.45) is 0 Å². The van der Waals surface area contributed by atoms with Gasteiger partial charge in [0.1, 0.15) is 0 Å². The summed E-state index contributed by atoms with van der Waals surface area (Å²) in [6, 6.07) is 44.7. The first-order valence-corrected chi connectivity index (χ1v) is 23.9. The van der Waals surface area contributed by atoms with Gasteiger partial charge in [-0.1, -0.05) is 178 Å². The number of rotatable bonds is 0. The van der Waals surface area contributed by atoms with E-state index in [-0.39, 0.29) is 0 Å². The van der Waals surface area contributed by atoms with Gasteiger partial charge in [-0.2, -0.15) is 0 Å². The molecule has 50 heavy (non-hydrogen) atoms. The van der Waals surface area contributed by atoms with Crippen molar-refractivity contribution in [1.29, 1.82) is 0 Å². The van der Waals surface area contributed by atoms with E-state index in [0.29, 0.717) is 0 Å². The monoisotopic (exact) mass is 820 g/mol. The average Bonchev–Trinajstić information content (AvgIpc) is 3.99. The third-order valence-electron chi connectivity index (χ3n) is 8.54. The van der Waals surface area contributed by atoms with Crippen LogP contribution in [0.25, 0.3) is 0 Å². The van der Waals surface area contributed by atoms with Gasteiger partial charge in [-0.3, -0.25) is 0 Å². The second-order valence-corrected chi connectivity index (χ2v) is 23.4. The normalized spacial score (nSPS) is 18.8. The first-order valence-electron chi connectivity index (χ1n) is 15.7. The molecule has 5 aromatic rings. The second kappa shape index (κ2) is 13.0. The Balaban J connectivity index is 1.25. The van der Waals surface area contributed by atoms with Crippen LogP contribution in [0, 0.1) is 0 Å². The van der Waals surface area contributed by atoms with Gasteiger partial charge in [0.15, 0.2) is 0 Å². The highest BCUT2D eigenvalue weighted by molar-refractivity contribution is 8.27. The molecule has 0 nitrogen and oxygen atoms in total.